The minimum atomic E-state index is -0.480. The van der Waals surface area contributed by atoms with Crippen LogP contribution >= 0.6 is 0 Å². The molecule has 6 nitrogen and oxygen atoms in total. The number of allylic oxidation sites excluding steroid dienone is 4. The Bertz CT molecular complexity index is 490. The lowest BCUT2D eigenvalue weighted by atomic mass is 10.1. The molecule has 0 spiro atoms. The molecule has 0 rings (SSSR count). The van der Waals surface area contributed by atoms with E-state index in [0.717, 1.165) is 38.5 Å². The van der Waals surface area contributed by atoms with Gasteiger partial charge in [-0.3, -0.25) is 14.5 Å². The largest absolute Gasteiger partial charge is 0.392 e. The van der Waals surface area contributed by atoms with Crippen molar-refractivity contribution in [2.24, 2.45) is 0 Å². The molecule has 0 fully saturated rings. The van der Waals surface area contributed by atoms with Crippen LogP contribution in [0.15, 0.2) is 24.3 Å². The van der Waals surface area contributed by atoms with E-state index in [-0.39, 0.29) is 23.9 Å². The zero-order chi connectivity index (χ0) is 23.5. The van der Waals surface area contributed by atoms with E-state index >= 15 is 0 Å². The molecule has 2 amide bonds. The van der Waals surface area contributed by atoms with Gasteiger partial charge in [0.2, 0.25) is 11.8 Å². The van der Waals surface area contributed by atoms with Gasteiger partial charge in [0, 0.05) is 44.6 Å². The first-order chi connectivity index (χ1) is 14.8. The fourth-order valence-corrected chi connectivity index (χ4v) is 3.36. The molecular weight excluding hydrogens is 390 g/mol. The summed E-state index contributed by atoms with van der Waals surface area (Å²) >= 11 is 0. The molecule has 0 aliphatic carbocycles. The normalized spacial score (nSPS) is 14.8. The predicted molar refractivity (Wildman–Crippen MR) is 130 cm³/mol. The number of aliphatic hydroxyl groups excluding tert-OH is 1. The number of amides is 2. The molecule has 31 heavy (non-hydrogen) atoms. The molecule has 0 heterocycles. The molecule has 0 radical (unpaired) electrons. The second kappa shape index (κ2) is 19.1. The maximum absolute atomic E-state index is 12.1. The third-order valence-electron chi connectivity index (χ3n) is 5.15. The van der Waals surface area contributed by atoms with Gasteiger partial charge in [-0.2, -0.15) is 0 Å². The van der Waals surface area contributed by atoms with E-state index in [0.29, 0.717) is 32.5 Å². The van der Waals surface area contributed by atoms with Gasteiger partial charge in [-0.1, -0.05) is 38.2 Å². The highest BCUT2D eigenvalue weighted by Gasteiger charge is 2.22. The first-order valence-electron chi connectivity index (χ1n) is 12.1. The number of carbonyl (C=O) groups is 2. The Morgan fingerprint density at radius 3 is 1.58 bits per heavy atom. The van der Waals surface area contributed by atoms with E-state index in [2.05, 4.69) is 53.7 Å². The molecular formula is C25H47N3O3. The molecule has 6 heteroatoms. The molecule has 0 saturated heterocycles. The van der Waals surface area contributed by atoms with E-state index in [9.17, 15) is 14.7 Å². The summed E-state index contributed by atoms with van der Waals surface area (Å²) in [5.74, 6) is 0.124. The van der Waals surface area contributed by atoms with Crippen LogP contribution in [0.1, 0.15) is 86.0 Å². The van der Waals surface area contributed by atoms with E-state index in [4.69, 9.17) is 0 Å². The monoisotopic (exact) mass is 437 g/mol. The quantitative estimate of drug-likeness (QED) is 0.224. The first-order valence-corrected chi connectivity index (χ1v) is 12.1. The van der Waals surface area contributed by atoms with Crippen molar-refractivity contribution in [3.8, 4) is 0 Å². The van der Waals surface area contributed by atoms with Gasteiger partial charge in [-0.05, 0) is 59.3 Å². The number of rotatable bonds is 18. The van der Waals surface area contributed by atoms with Crippen molar-refractivity contribution in [1.29, 1.82) is 0 Å². The summed E-state index contributed by atoms with van der Waals surface area (Å²) in [6.45, 7) is 11.6. The highest BCUT2D eigenvalue weighted by atomic mass is 16.3. The summed E-state index contributed by atoms with van der Waals surface area (Å²) < 4.78 is 0. The third kappa shape index (κ3) is 16.7. The Morgan fingerprint density at radius 2 is 1.23 bits per heavy atom. The molecule has 0 aliphatic rings. The van der Waals surface area contributed by atoms with Gasteiger partial charge in [-0.25, -0.2) is 0 Å². The summed E-state index contributed by atoms with van der Waals surface area (Å²) in [5.41, 5.74) is 0. The van der Waals surface area contributed by atoms with Crippen molar-refractivity contribution in [3.05, 3.63) is 24.3 Å². The molecule has 180 valence electrons. The zero-order valence-electron chi connectivity index (χ0n) is 20.5. The van der Waals surface area contributed by atoms with Gasteiger partial charge in [0.1, 0.15) is 0 Å². The lowest BCUT2D eigenvalue weighted by Crippen LogP contribution is -2.52. The minimum absolute atomic E-state index is 0.0598. The SMILES string of the molecule is CC/C=C/CCCC(=O)NCC(C)N(CC(C)O)C(C)CNC(=O)CCC/C=C/CC. The Hall–Kier alpha value is -1.66. The number of nitrogens with zero attached hydrogens (tertiary/aromatic N) is 1. The highest BCUT2D eigenvalue weighted by Crippen LogP contribution is 2.08. The van der Waals surface area contributed by atoms with Gasteiger partial charge in [0.05, 0.1) is 6.10 Å². The summed E-state index contributed by atoms with van der Waals surface area (Å²) in [4.78, 5) is 26.4. The van der Waals surface area contributed by atoms with Gasteiger partial charge in [0.15, 0.2) is 0 Å². The van der Waals surface area contributed by atoms with E-state index in [1.165, 1.54) is 0 Å². The Balaban J connectivity index is 4.41. The molecule has 0 aromatic heterocycles. The standard InChI is InChI=1S/C25H47N3O3/c1-6-8-10-12-14-16-24(30)26-18-21(3)28(20-23(5)29)22(4)19-27-25(31)17-15-13-11-9-7-2/h8-11,21-23,29H,6-7,12-20H2,1-5H3,(H,26,30)(H,27,31)/b10-8+,11-9+. The number of nitrogens with one attached hydrogen (secondary N) is 2. The van der Waals surface area contributed by atoms with Crippen LogP contribution in [0.5, 0.6) is 0 Å². The first kappa shape index (κ1) is 29.3. The average Bonchev–Trinajstić information content (AvgIpc) is 2.73. The smallest absolute Gasteiger partial charge is 0.220 e. The van der Waals surface area contributed by atoms with Gasteiger partial charge >= 0.3 is 0 Å². The maximum atomic E-state index is 12.1. The molecule has 3 unspecified atom stereocenters. The van der Waals surface area contributed by atoms with Crippen LogP contribution in [0.3, 0.4) is 0 Å². The Morgan fingerprint density at radius 1 is 0.806 bits per heavy atom. The fraction of sp³-hybridized carbons (Fsp3) is 0.760. The third-order valence-corrected chi connectivity index (χ3v) is 5.15. The second-order valence-electron chi connectivity index (χ2n) is 8.40. The summed E-state index contributed by atoms with van der Waals surface area (Å²) in [5, 5.41) is 15.9. The van der Waals surface area contributed by atoms with Crippen molar-refractivity contribution in [2.45, 2.75) is 104 Å². The van der Waals surface area contributed by atoms with Crippen molar-refractivity contribution >= 4 is 11.8 Å². The average molecular weight is 438 g/mol. The Labute approximate surface area is 190 Å². The number of hydrogen-bond acceptors (Lipinski definition) is 4. The summed E-state index contributed by atoms with van der Waals surface area (Å²) in [7, 11) is 0. The van der Waals surface area contributed by atoms with E-state index in [1.54, 1.807) is 6.92 Å². The minimum Gasteiger partial charge on any atom is -0.392 e. The summed E-state index contributed by atoms with van der Waals surface area (Å²) in [6, 6.07) is 0.120. The lowest BCUT2D eigenvalue weighted by molar-refractivity contribution is -0.121. The number of unbranched alkanes of at least 4 members (excludes halogenated alkanes) is 2. The van der Waals surface area contributed by atoms with Crippen molar-refractivity contribution in [2.75, 3.05) is 19.6 Å². The van der Waals surface area contributed by atoms with Crippen LogP contribution in [-0.4, -0.2) is 59.6 Å². The number of carbonyl (C=O) groups excluding carboxylic acids is 2. The second-order valence-corrected chi connectivity index (χ2v) is 8.40. The molecule has 0 aromatic rings. The zero-order valence-corrected chi connectivity index (χ0v) is 20.5. The van der Waals surface area contributed by atoms with E-state index in [1.807, 2.05) is 13.8 Å². The number of hydrogen-bond donors (Lipinski definition) is 3. The lowest BCUT2D eigenvalue weighted by Gasteiger charge is -2.35. The molecule has 3 atom stereocenters. The van der Waals surface area contributed by atoms with Gasteiger partial charge in [0.25, 0.3) is 0 Å². The van der Waals surface area contributed by atoms with Crippen molar-refractivity contribution in [1.82, 2.24) is 15.5 Å². The van der Waals surface area contributed by atoms with E-state index < -0.39 is 6.10 Å². The van der Waals surface area contributed by atoms with Crippen molar-refractivity contribution in [3.63, 3.8) is 0 Å². The molecule has 0 aromatic carbocycles. The van der Waals surface area contributed by atoms with Crippen LogP contribution in [0.4, 0.5) is 0 Å². The van der Waals surface area contributed by atoms with Gasteiger partial charge in [-0.15, -0.1) is 0 Å². The highest BCUT2D eigenvalue weighted by molar-refractivity contribution is 5.76. The topological polar surface area (TPSA) is 81.7 Å². The van der Waals surface area contributed by atoms with Crippen LogP contribution in [0.25, 0.3) is 0 Å². The molecule has 0 aliphatic heterocycles. The van der Waals surface area contributed by atoms with Crippen LogP contribution in [-0.2, 0) is 9.59 Å². The summed E-state index contributed by atoms with van der Waals surface area (Å²) in [6.07, 6.45) is 14.7. The molecule has 0 bridgehead atoms. The van der Waals surface area contributed by atoms with Gasteiger partial charge < -0.3 is 15.7 Å². The van der Waals surface area contributed by atoms with Crippen molar-refractivity contribution < 1.29 is 14.7 Å². The number of aliphatic hydroxyl groups is 1. The van der Waals surface area contributed by atoms with Crippen LogP contribution in [0.2, 0.25) is 0 Å². The fourth-order valence-electron chi connectivity index (χ4n) is 3.36. The molecule has 0 saturated carbocycles. The maximum Gasteiger partial charge on any atom is 0.220 e. The molecule has 3 N–H and O–H groups in total. The van der Waals surface area contributed by atoms with Crippen LogP contribution < -0.4 is 10.6 Å². The van der Waals surface area contributed by atoms with Crippen LogP contribution in [0, 0.1) is 0 Å². The predicted octanol–water partition coefficient (Wildman–Crippen LogP) is 3.95. The Kier molecular flexibility index (Phi) is 18.0.